The van der Waals surface area contributed by atoms with E-state index in [1.54, 1.807) is 4.90 Å². The Balaban J connectivity index is 1.54. The average Bonchev–Trinajstić information content (AvgIpc) is 2.69. The number of H-pyrrole nitrogens is 1. The summed E-state index contributed by atoms with van der Waals surface area (Å²) in [6.07, 6.45) is 1.34. The van der Waals surface area contributed by atoms with E-state index in [-0.39, 0.29) is 35.2 Å². The topological polar surface area (TPSA) is 117 Å². The third-order valence-electron chi connectivity index (χ3n) is 5.16. The van der Waals surface area contributed by atoms with Crippen LogP contribution in [0.15, 0.2) is 32.9 Å². The molecule has 0 saturated carbocycles. The van der Waals surface area contributed by atoms with Crippen molar-refractivity contribution in [3.8, 4) is 0 Å². The molecule has 28 heavy (non-hydrogen) atoms. The van der Waals surface area contributed by atoms with Crippen molar-refractivity contribution >= 4 is 28.4 Å². The van der Waals surface area contributed by atoms with Crippen LogP contribution in [-0.4, -0.2) is 45.1 Å². The number of amides is 2. The molecule has 1 fully saturated rings. The maximum absolute atomic E-state index is 13.5. The Morgan fingerprint density at radius 2 is 1.89 bits per heavy atom. The number of piperidine rings is 1. The van der Waals surface area contributed by atoms with Crippen molar-refractivity contribution < 1.29 is 14.0 Å². The summed E-state index contributed by atoms with van der Waals surface area (Å²) in [5.74, 6) is -1.02. The highest BCUT2D eigenvalue weighted by Crippen LogP contribution is 2.21. The highest BCUT2D eigenvalue weighted by atomic mass is 19.1. The standard InChI is InChI=1S/C18H18FN5O4/c19-10-1-2-13-12(9-10)16(26)24(18(28)20-13)11-5-7-23(8-6-11)17(27)14-3-4-15(25)22-21-14/h1-2,9,11H,3-8H2,(H,20,28)(H,22,25). The molecule has 0 aliphatic carbocycles. The van der Waals surface area contributed by atoms with Crippen molar-refractivity contribution in [1.29, 1.82) is 0 Å². The van der Waals surface area contributed by atoms with Crippen LogP contribution < -0.4 is 16.7 Å². The van der Waals surface area contributed by atoms with Crippen LogP contribution in [-0.2, 0) is 9.59 Å². The number of fused-ring (bicyclic) bond motifs is 1. The lowest BCUT2D eigenvalue weighted by Gasteiger charge is -2.33. The van der Waals surface area contributed by atoms with Gasteiger partial charge in [-0.3, -0.25) is 19.0 Å². The predicted octanol–water partition coefficient (Wildman–Crippen LogP) is 0.258. The first-order chi connectivity index (χ1) is 13.4. The summed E-state index contributed by atoms with van der Waals surface area (Å²) in [6, 6.07) is 3.27. The van der Waals surface area contributed by atoms with Crippen molar-refractivity contribution in [2.45, 2.75) is 31.7 Å². The van der Waals surface area contributed by atoms with Crippen LogP contribution >= 0.6 is 0 Å². The van der Waals surface area contributed by atoms with Crippen molar-refractivity contribution in [3.63, 3.8) is 0 Å². The van der Waals surface area contributed by atoms with Crippen LogP contribution in [0.3, 0.4) is 0 Å². The van der Waals surface area contributed by atoms with E-state index < -0.39 is 17.1 Å². The third-order valence-corrected chi connectivity index (χ3v) is 5.16. The summed E-state index contributed by atoms with van der Waals surface area (Å²) < 4.78 is 14.6. The fraction of sp³-hybridized carbons (Fsp3) is 0.389. The maximum atomic E-state index is 13.5. The lowest BCUT2D eigenvalue weighted by Crippen LogP contribution is -2.47. The zero-order valence-electron chi connectivity index (χ0n) is 14.9. The van der Waals surface area contributed by atoms with Gasteiger partial charge in [0, 0.05) is 32.0 Å². The molecule has 0 atom stereocenters. The van der Waals surface area contributed by atoms with Crippen LogP contribution in [0, 0.1) is 5.82 Å². The molecule has 10 heteroatoms. The van der Waals surface area contributed by atoms with Gasteiger partial charge in [0.05, 0.1) is 10.9 Å². The van der Waals surface area contributed by atoms with E-state index in [2.05, 4.69) is 15.5 Å². The Bertz CT molecular complexity index is 1110. The number of aromatic nitrogens is 2. The fourth-order valence-electron chi connectivity index (χ4n) is 3.67. The molecular formula is C18H18FN5O4. The number of likely N-dealkylation sites (tertiary alicyclic amines) is 1. The van der Waals surface area contributed by atoms with Gasteiger partial charge in [-0.15, -0.1) is 0 Å². The van der Waals surface area contributed by atoms with Crippen molar-refractivity contribution in [2.75, 3.05) is 13.1 Å². The molecule has 146 valence electrons. The summed E-state index contributed by atoms with van der Waals surface area (Å²) in [6.45, 7) is 0.701. The summed E-state index contributed by atoms with van der Waals surface area (Å²) in [4.78, 5) is 53.0. The lowest BCUT2D eigenvalue weighted by molar-refractivity contribution is -0.125. The van der Waals surface area contributed by atoms with Crippen molar-refractivity contribution in [3.05, 3.63) is 44.9 Å². The minimum Gasteiger partial charge on any atom is -0.337 e. The van der Waals surface area contributed by atoms with E-state index in [1.807, 2.05) is 0 Å². The monoisotopic (exact) mass is 387 g/mol. The Kier molecular flexibility index (Phi) is 4.54. The van der Waals surface area contributed by atoms with Crippen molar-refractivity contribution in [2.24, 2.45) is 5.10 Å². The second kappa shape index (κ2) is 7.02. The smallest absolute Gasteiger partial charge is 0.329 e. The fourth-order valence-corrected chi connectivity index (χ4v) is 3.67. The van der Waals surface area contributed by atoms with E-state index >= 15 is 0 Å². The highest BCUT2D eigenvalue weighted by Gasteiger charge is 2.29. The van der Waals surface area contributed by atoms with Crippen molar-refractivity contribution in [1.82, 2.24) is 19.9 Å². The Morgan fingerprint density at radius 1 is 1.14 bits per heavy atom. The Labute approximate surface area is 157 Å². The first kappa shape index (κ1) is 18.1. The summed E-state index contributed by atoms with van der Waals surface area (Å²) in [7, 11) is 0. The highest BCUT2D eigenvalue weighted by molar-refractivity contribution is 6.39. The van der Waals surface area contributed by atoms with Gasteiger partial charge in [-0.2, -0.15) is 5.10 Å². The summed E-state index contributed by atoms with van der Waals surface area (Å²) >= 11 is 0. The van der Waals surface area contributed by atoms with Crippen LogP contribution in [0.25, 0.3) is 10.9 Å². The largest absolute Gasteiger partial charge is 0.337 e. The molecule has 4 rings (SSSR count). The minimum absolute atomic E-state index is 0.116. The molecule has 1 aromatic heterocycles. The van der Waals surface area contributed by atoms with E-state index in [1.165, 1.54) is 12.1 Å². The van der Waals surface area contributed by atoms with Gasteiger partial charge in [-0.25, -0.2) is 14.6 Å². The van der Waals surface area contributed by atoms with E-state index in [9.17, 15) is 23.6 Å². The molecule has 9 nitrogen and oxygen atoms in total. The molecule has 2 N–H and O–H groups in total. The molecule has 2 aromatic rings. The van der Waals surface area contributed by atoms with Crippen LogP contribution in [0.4, 0.5) is 4.39 Å². The van der Waals surface area contributed by atoms with Gasteiger partial charge in [0.15, 0.2) is 0 Å². The molecule has 3 heterocycles. The van der Waals surface area contributed by atoms with Gasteiger partial charge in [-0.1, -0.05) is 0 Å². The van der Waals surface area contributed by atoms with Gasteiger partial charge in [-0.05, 0) is 31.0 Å². The molecular weight excluding hydrogens is 369 g/mol. The zero-order valence-corrected chi connectivity index (χ0v) is 14.9. The second-order valence-corrected chi connectivity index (χ2v) is 6.91. The second-order valence-electron chi connectivity index (χ2n) is 6.91. The van der Waals surface area contributed by atoms with E-state index in [0.717, 1.165) is 10.6 Å². The molecule has 0 radical (unpaired) electrons. The molecule has 1 saturated heterocycles. The molecule has 2 aliphatic rings. The lowest BCUT2D eigenvalue weighted by atomic mass is 10.0. The number of benzene rings is 1. The summed E-state index contributed by atoms with van der Waals surface area (Å²) in [5.41, 5.74) is 1.81. The average molecular weight is 387 g/mol. The van der Waals surface area contributed by atoms with E-state index in [0.29, 0.717) is 38.1 Å². The Morgan fingerprint density at radius 3 is 2.57 bits per heavy atom. The first-order valence-electron chi connectivity index (χ1n) is 9.03. The number of nitrogens with zero attached hydrogens (tertiary/aromatic N) is 3. The number of aromatic amines is 1. The number of hydrazone groups is 1. The number of rotatable bonds is 2. The molecule has 0 spiro atoms. The van der Waals surface area contributed by atoms with Crippen LogP contribution in [0.2, 0.25) is 0 Å². The number of nitrogens with one attached hydrogen (secondary N) is 2. The number of halogens is 1. The Hall–Kier alpha value is -3.30. The van der Waals surface area contributed by atoms with Gasteiger partial charge >= 0.3 is 5.69 Å². The minimum atomic E-state index is -0.552. The number of carbonyl (C=O) groups excluding carboxylic acids is 2. The molecule has 2 amide bonds. The van der Waals surface area contributed by atoms with Gasteiger partial charge < -0.3 is 9.88 Å². The van der Waals surface area contributed by atoms with E-state index in [4.69, 9.17) is 0 Å². The van der Waals surface area contributed by atoms with Crippen LogP contribution in [0.5, 0.6) is 0 Å². The quantitative estimate of drug-likeness (QED) is 0.769. The van der Waals surface area contributed by atoms with Gasteiger partial charge in [0.1, 0.15) is 11.5 Å². The van der Waals surface area contributed by atoms with Gasteiger partial charge in [0.2, 0.25) is 5.91 Å². The zero-order chi connectivity index (χ0) is 19.8. The normalized spacial score (nSPS) is 18.1. The maximum Gasteiger partial charge on any atom is 0.329 e. The number of carbonyl (C=O) groups is 2. The SMILES string of the molecule is O=C1CCC(C(=O)N2CCC(n3c(=O)[nH]c4ccc(F)cc4c3=O)CC2)=NN1. The van der Waals surface area contributed by atoms with Gasteiger partial charge in [0.25, 0.3) is 11.5 Å². The molecule has 0 unspecified atom stereocenters. The number of hydrogen-bond acceptors (Lipinski definition) is 5. The summed E-state index contributed by atoms with van der Waals surface area (Å²) in [5, 5.41) is 3.93. The molecule has 2 aliphatic heterocycles. The molecule has 1 aromatic carbocycles. The third kappa shape index (κ3) is 3.21. The molecule has 0 bridgehead atoms. The first-order valence-corrected chi connectivity index (χ1v) is 9.03. The predicted molar refractivity (Wildman–Crippen MR) is 98.4 cm³/mol. The number of hydrogen-bond donors (Lipinski definition) is 2. The van der Waals surface area contributed by atoms with Crippen LogP contribution in [0.1, 0.15) is 31.7 Å².